The summed E-state index contributed by atoms with van der Waals surface area (Å²) in [4.78, 5) is 39.9. The molecule has 2 fully saturated rings. The molecule has 1 aromatic rings. The van der Waals surface area contributed by atoms with Crippen molar-refractivity contribution in [1.82, 2.24) is 20.4 Å². The van der Waals surface area contributed by atoms with Gasteiger partial charge in [0, 0.05) is 12.6 Å². The molecule has 4 amide bonds. The molecular weight excluding hydrogens is 324 g/mol. The summed E-state index contributed by atoms with van der Waals surface area (Å²) in [7, 11) is 0. The summed E-state index contributed by atoms with van der Waals surface area (Å²) >= 11 is 0. The molecule has 2 N–H and O–H groups in total. The first-order chi connectivity index (χ1) is 12.1. The summed E-state index contributed by atoms with van der Waals surface area (Å²) in [6.07, 6.45) is 3.66. The Morgan fingerprint density at radius 3 is 3.00 bits per heavy atom. The molecule has 2 aliphatic heterocycles. The van der Waals surface area contributed by atoms with Crippen molar-refractivity contribution in [2.24, 2.45) is 0 Å². The van der Waals surface area contributed by atoms with Gasteiger partial charge in [-0.3, -0.25) is 19.4 Å². The quantitative estimate of drug-likeness (QED) is 0.707. The highest BCUT2D eigenvalue weighted by molar-refractivity contribution is 6.05. The Kier molecular flexibility index (Phi) is 5.37. The summed E-state index contributed by atoms with van der Waals surface area (Å²) < 4.78 is 5.17. The average molecular weight is 348 g/mol. The van der Waals surface area contributed by atoms with Gasteiger partial charge in [-0.1, -0.05) is 6.92 Å². The smallest absolute Gasteiger partial charge is 0.325 e. The number of imide groups is 1. The van der Waals surface area contributed by atoms with E-state index in [9.17, 15) is 14.4 Å². The van der Waals surface area contributed by atoms with Gasteiger partial charge in [-0.2, -0.15) is 0 Å². The highest BCUT2D eigenvalue weighted by atomic mass is 16.3. The molecule has 8 nitrogen and oxygen atoms in total. The summed E-state index contributed by atoms with van der Waals surface area (Å²) in [5, 5.41) is 5.46. The van der Waals surface area contributed by atoms with Crippen molar-refractivity contribution in [3.8, 4) is 0 Å². The molecule has 25 heavy (non-hydrogen) atoms. The number of carbonyl (C=O) groups excluding carboxylic acids is 3. The summed E-state index contributed by atoms with van der Waals surface area (Å²) in [5.41, 5.74) is 0. The second-order valence-corrected chi connectivity index (χ2v) is 6.44. The number of likely N-dealkylation sites (tertiary alicyclic amines) is 1. The van der Waals surface area contributed by atoms with Crippen LogP contribution in [-0.4, -0.2) is 59.4 Å². The maximum absolute atomic E-state index is 12.3. The van der Waals surface area contributed by atoms with Crippen molar-refractivity contribution in [3.63, 3.8) is 0 Å². The van der Waals surface area contributed by atoms with Crippen molar-refractivity contribution in [2.75, 3.05) is 19.6 Å². The summed E-state index contributed by atoms with van der Waals surface area (Å²) in [6, 6.07) is 2.45. The Balaban J connectivity index is 1.48. The SMILES string of the molecule is CCN1CCCC1CNC(=O)C[C@@H]1NC(=O)N(Cc2ccco2)C1=O. The molecule has 8 heteroatoms. The van der Waals surface area contributed by atoms with E-state index in [-0.39, 0.29) is 18.9 Å². The van der Waals surface area contributed by atoms with Crippen molar-refractivity contribution in [2.45, 2.75) is 44.8 Å². The number of furan rings is 1. The van der Waals surface area contributed by atoms with Crippen LogP contribution in [0.5, 0.6) is 0 Å². The Bertz CT molecular complexity index is 631. The van der Waals surface area contributed by atoms with Crippen molar-refractivity contribution < 1.29 is 18.8 Å². The van der Waals surface area contributed by atoms with Gasteiger partial charge in [-0.25, -0.2) is 4.79 Å². The van der Waals surface area contributed by atoms with Crippen LogP contribution in [0.25, 0.3) is 0 Å². The normalized spacial score (nSPS) is 24.0. The van der Waals surface area contributed by atoms with Crippen LogP contribution >= 0.6 is 0 Å². The molecule has 3 rings (SSSR count). The summed E-state index contributed by atoms with van der Waals surface area (Å²) in [5.74, 6) is -0.0939. The molecular formula is C17H24N4O4. The number of nitrogens with one attached hydrogen (secondary N) is 2. The second-order valence-electron chi connectivity index (χ2n) is 6.44. The molecule has 2 saturated heterocycles. The first-order valence-corrected chi connectivity index (χ1v) is 8.73. The van der Waals surface area contributed by atoms with E-state index < -0.39 is 18.0 Å². The lowest BCUT2D eigenvalue weighted by Crippen LogP contribution is -2.42. The number of nitrogens with zero attached hydrogens (tertiary/aromatic N) is 2. The lowest BCUT2D eigenvalue weighted by Gasteiger charge is -2.23. The van der Waals surface area contributed by atoms with E-state index in [0.717, 1.165) is 30.8 Å². The van der Waals surface area contributed by atoms with E-state index in [1.165, 1.54) is 6.26 Å². The van der Waals surface area contributed by atoms with E-state index in [1.807, 2.05) is 0 Å². The molecule has 1 aromatic heterocycles. The Morgan fingerprint density at radius 2 is 2.28 bits per heavy atom. The molecule has 0 spiro atoms. The minimum atomic E-state index is -0.812. The zero-order chi connectivity index (χ0) is 17.8. The van der Waals surface area contributed by atoms with Gasteiger partial charge in [0.15, 0.2) is 0 Å². The number of amides is 4. The molecule has 2 aliphatic rings. The van der Waals surface area contributed by atoms with Gasteiger partial charge < -0.3 is 15.1 Å². The average Bonchev–Trinajstić information content (AvgIpc) is 3.31. The Hall–Kier alpha value is -2.35. The molecule has 2 atom stereocenters. The third kappa shape index (κ3) is 4.01. The van der Waals surface area contributed by atoms with Crippen LogP contribution < -0.4 is 10.6 Å². The van der Waals surface area contributed by atoms with E-state index in [0.29, 0.717) is 18.3 Å². The van der Waals surface area contributed by atoms with Gasteiger partial charge in [0.05, 0.1) is 19.2 Å². The predicted octanol–water partition coefficient (Wildman–Crippen LogP) is 0.691. The Labute approximate surface area is 146 Å². The fourth-order valence-corrected chi connectivity index (χ4v) is 3.46. The number of hydrogen-bond acceptors (Lipinski definition) is 5. The lowest BCUT2D eigenvalue weighted by molar-refractivity contribution is -0.131. The topological polar surface area (TPSA) is 94.9 Å². The van der Waals surface area contributed by atoms with Gasteiger partial charge in [-0.05, 0) is 38.1 Å². The lowest BCUT2D eigenvalue weighted by atomic mass is 10.1. The number of urea groups is 1. The molecule has 0 radical (unpaired) electrons. The fraction of sp³-hybridized carbons (Fsp3) is 0.588. The third-order valence-corrected chi connectivity index (χ3v) is 4.83. The van der Waals surface area contributed by atoms with E-state index in [1.54, 1.807) is 12.1 Å². The molecule has 1 unspecified atom stereocenters. The molecule has 0 aromatic carbocycles. The zero-order valence-electron chi connectivity index (χ0n) is 14.4. The summed E-state index contributed by atoms with van der Waals surface area (Å²) in [6.45, 7) is 4.80. The zero-order valence-corrected chi connectivity index (χ0v) is 14.4. The van der Waals surface area contributed by atoms with Gasteiger partial charge in [0.1, 0.15) is 11.8 Å². The van der Waals surface area contributed by atoms with Gasteiger partial charge in [0.25, 0.3) is 5.91 Å². The van der Waals surface area contributed by atoms with E-state index in [4.69, 9.17) is 4.42 Å². The van der Waals surface area contributed by atoms with Crippen LogP contribution in [0.15, 0.2) is 22.8 Å². The minimum absolute atomic E-state index is 0.0436. The highest BCUT2D eigenvalue weighted by Gasteiger charge is 2.39. The number of carbonyl (C=O) groups is 3. The molecule has 0 bridgehead atoms. The molecule has 0 saturated carbocycles. The van der Waals surface area contributed by atoms with Crippen LogP contribution in [-0.2, 0) is 16.1 Å². The van der Waals surface area contributed by atoms with Gasteiger partial charge >= 0.3 is 6.03 Å². The largest absolute Gasteiger partial charge is 0.467 e. The fourth-order valence-electron chi connectivity index (χ4n) is 3.46. The van der Waals surface area contributed by atoms with Crippen molar-refractivity contribution in [1.29, 1.82) is 0 Å². The molecule has 3 heterocycles. The van der Waals surface area contributed by atoms with Crippen LogP contribution in [0.4, 0.5) is 4.79 Å². The van der Waals surface area contributed by atoms with Gasteiger partial charge in [-0.15, -0.1) is 0 Å². The first kappa shape index (κ1) is 17.5. The second kappa shape index (κ2) is 7.69. The number of rotatable bonds is 7. The van der Waals surface area contributed by atoms with Gasteiger partial charge in [0.2, 0.25) is 5.91 Å². The monoisotopic (exact) mass is 348 g/mol. The van der Waals surface area contributed by atoms with Crippen LogP contribution in [0.1, 0.15) is 31.9 Å². The maximum atomic E-state index is 12.3. The highest BCUT2D eigenvalue weighted by Crippen LogP contribution is 2.16. The third-order valence-electron chi connectivity index (χ3n) is 4.83. The van der Waals surface area contributed by atoms with Crippen molar-refractivity contribution in [3.05, 3.63) is 24.2 Å². The first-order valence-electron chi connectivity index (χ1n) is 8.73. The van der Waals surface area contributed by atoms with Crippen LogP contribution in [0, 0.1) is 0 Å². The van der Waals surface area contributed by atoms with Crippen molar-refractivity contribution >= 4 is 17.8 Å². The standard InChI is InChI=1S/C17H24N4O4/c1-2-20-7-3-5-12(20)10-18-15(22)9-14-16(23)21(17(24)19-14)11-13-6-4-8-25-13/h4,6,8,12,14H,2-3,5,7,9-11H2,1H3,(H,18,22)(H,19,24)/t12?,14-/m0/s1. The number of hydrogen-bond donors (Lipinski definition) is 2. The Morgan fingerprint density at radius 1 is 1.44 bits per heavy atom. The molecule has 136 valence electrons. The maximum Gasteiger partial charge on any atom is 0.325 e. The predicted molar refractivity (Wildman–Crippen MR) is 89.5 cm³/mol. The molecule has 0 aliphatic carbocycles. The number of likely N-dealkylation sites (N-methyl/N-ethyl adjacent to an activating group) is 1. The van der Waals surface area contributed by atoms with E-state index in [2.05, 4.69) is 22.5 Å². The van der Waals surface area contributed by atoms with Crippen LogP contribution in [0.2, 0.25) is 0 Å². The minimum Gasteiger partial charge on any atom is -0.467 e. The van der Waals surface area contributed by atoms with Crippen LogP contribution in [0.3, 0.4) is 0 Å². The van der Waals surface area contributed by atoms with E-state index >= 15 is 0 Å².